The molecule has 3 aromatic carbocycles. The van der Waals surface area contributed by atoms with E-state index in [4.69, 9.17) is 4.74 Å². The summed E-state index contributed by atoms with van der Waals surface area (Å²) >= 11 is 0. The average Bonchev–Trinajstić information content (AvgIpc) is 2.74. The van der Waals surface area contributed by atoms with E-state index in [0.29, 0.717) is 24.1 Å². The van der Waals surface area contributed by atoms with Crippen LogP contribution in [0.15, 0.2) is 72.8 Å². The summed E-state index contributed by atoms with van der Waals surface area (Å²) < 4.78 is 5.33. The largest absolute Gasteiger partial charge is 0.496 e. The van der Waals surface area contributed by atoms with Gasteiger partial charge in [-0.2, -0.15) is 0 Å². The molecule has 29 heavy (non-hydrogen) atoms. The Morgan fingerprint density at radius 3 is 2.34 bits per heavy atom. The maximum atomic E-state index is 12.5. The van der Waals surface area contributed by atoms with E-state index in [1.807, 2.05) is 55.5 Å². The molecule has 0 aliphatic rings. The van der Waals surface area contributed by atoms with Gasteiger partial charge in [-0.05, 0) is 60.9 Å². The fourth-order valence-electron chi connectivity index (χ4n) is 3.05. The van der Waals surface area contributed by atoms with Gasteiger partial charge < -0.3 is 15.4 Å². The SMILES string of the molecule is COc1ccccc1CCNC(=O)c1cccc(C(=O)Nc2cccc(C)c2)c1. The number of carbonyl (C=O) groups is 2. The third-order valence-electron chi connectivity index (χ3n) is 4.54. The number of benzene rings is 3. The van der Waals surface area contributed by atoms with Gasteiger partial charge in [-0.3, -0.25) is 9.59 Å². The topological polar surface area (TPSA) is 67.4 Å². The number of amides is 2. The Hall–Kier alpha value is -3.60. The molecule has 0 radical (unpaired) electrons. The zero-order chi connectivity index (χ0) is 20.6. The molecule has 0 bridgehead atoms. The van der Waals surface area contributed by atoms with Gasteiger partial charge in [0, 0.05) is 23.4 Å². The van der Waals surface area contributed by atoms with Crippen LogP contribution >= 0.6 is 0 Å². The summed E-state index contributed by atoms with van der Waals surface area (Å²) in [5.74, 6) is 0.334. The van der Waals surface area contributed by atoms with Crippen LogP contribution in [0.1, 0.15) is 31.8 Å². The molecule has 0 saturated heterocycles. The summed E-state index contributed by atoms with van der Waals surface area (Å²) in [7, 11) is 1.63. The van der Waals surface area contributed by atoms with Gasteiger partial charge in [0.25, 0.3) is 11.8 Å². The maximum Gasteiger partial charge on any atom is 0.255 e. The van der Waals surface area contributed by atoms with Gasteiger partial charge in [-0.15, -0.1) is 0 Å². The molecule has 0 atom stereocenters. The standard InChI is InChI=1S/C24H24N2O3/c1-17-7-5-11-21(15-17)26-24(28)20-10-6-9-19(16-20)23(27)25-14-13-18-8-3-4-12-22(18)29-2/h3-12,15-16H,13-14H2,1-2H3,(H,25,27)(H,26,28). The number of rotatable bonds is 7. The number of para-hydroxylation sites is 1. The number of hydrogen-bond donors (Lipinski definition) is 2. The predicted octanol–water partition coefficient (Wildman–Crippen LogP) is 4.23. The molecular formula is C24H24N2O3. The van der Waals surface area contributed by atoms with Crippen molar-refractivity contribution in [2.45, 2.75) is 13.3 Å². The van der Waals surface area contributed by atoms with Gasteiger partial charge in [0.1, 0.15) is 5.75 Å². The molecule has 2 amide bonds. The van der Waals surface area contributed by atoms with E-state index in [9.17, 15) is 9.59 Å². The Morgan fingerprint density at radius 1 is 0.862 bits per heavy atom. The lowest BCUT2D eigenvalue weighted by Gasteiger charge is -2.10. The van der Waals surface area contributed by atoms with Crippen LogP contribution in [0.4, 0.5) is 5.69 Å². The van der Waals surface area contributed by atoms with Crippen LogP contribution in [0.2, 0.25) is 0 Å². The smallest absolute Gasteiger partial charge is 0.255 e. The highest BCUT2D eigenvalue weighted by Crippen LogP contribution is 2.17. The van der Waals surface area contributed by atoms with Crippen molar-refractivity contribution in [2.24, 2.45) is 0 Å². The number of carbonyl (C=O) groups excluding carboxylic acids is 2. The Balaban J connectivity index is 1.61. The molecule has 148 valence electrons. The van der Waals surface area contributed by atoms with E-state index >= 15 is 0 Å². The average molecular weight is 388 g/mol. The number of aryl methyl sites for hydroxylation is 1. The second-order valence-corrected chi connectivity index (χ2v) is 6.72. The molecule has 2 N–H and O–H groups in total. The van der Waals surface area contributed by atoms with Crippen LogP contribution in [0.3, 0.4) is 0 Å². The quantitative estimate of drug-likeness (QED) is 0.637. The summed E-state index contributed by atoms with van der Waals surface area (Å²) in [5.41, 5.74) is 3.69. The molecule has 0 unspecified atom stereocenters. The van der Waals surface area contributed by atoms with Crippen LogP contribution in [0.5, 0.6) is 5.75 Å². The molecule has 0 aromatic heterocycles. The van der Waals surface area contributed by atoms with Crippen molar-refractivity contribution in [1.82, 2.24) is 5.32 Å². The first-order valence-electron chi connectivity index (χ1n) is 9.45. The van der Waals surface area contributed by atoms with E-state index in [1.165, 1.54) is 0 Å². The van der Waals surface area contributed by atoms with Gasteiger partial charge in [0.05, 0.1) is 7.11 Å². The first-order chi connectivity index (χ1) is 14.1. The lowest BCUT2D eigenvalue weighted by atomic mass is 10.1. The molecule has 0 spiro atoms. The van der Waals surface area contributed by atoms with E-state index in [0.717, 1.165) is 22.6 Å². The number of nitrogens with one attached hydrogen (secondary N) is 2. The molecule has 0 aliphatic heterocycles. The van der Waals surface area contributed by atoms with Gasteiger partial charge >= 0.3 is 0 Å². The van der Waals surface area contributed by atoms with Crippen LogP contribution in [-0.2, 0) is 6.42 Å². The summed E-state index contributed by atoms with van der Waals surface area (Å²) in [4.78, 5) is 25.0. The van der Waals surface area contributed by atoms with Gasteiger partial charge in [-0.1, -0.05) is 36.4 Å². The maximum absolute atomic E-state index is 12.5. The minimum Gasteiger partial charge on any atom is -0.496 e. The van der Waals surface area contributed by atoms with Crippen LogP contribution in [0.25, 0.3) is 0 Å². The summed E-state index contributed by atoms with van der Waals surface area (Å²) in [6.45, 7) is 2.44. The van der Waals surface area contributed by atoms with Crippen molar-refractivity contribution < 1.29 is 14.3 Å². The fraction of sp³-hybridized carbons (Fsp3) is 0.167. The van der Waals surface area contributed by atoms with E-state index in [2.05, 4.69) is 10.6 Å². The number of methoxy groups -OCH3 is 1. The highest BCUT2D eigenvalue weighted by Gasteiger charge is 2.11. The van der Waals surface area contributed by atoms with Gasteiger partial charge in [0.2, 0.25) is 0 Å². The predicted molar refractivity (Wildman–Crippen MR) is 115 cm³/mol. The Morgan fingerprint density at radius 2 is 1.59 bits per heavy atom. The van der Waals surface area contributed by atoms with Crippen molar-refractivity contribution in [3.8, 4) is 5.75 Å². The minimum absolute atomic E-state index is 0.217. The minimum atomic E-state index is -0.251. The van der Waals surface area contributed by atoms with E-state index < -0.39 is 0 Å². The Labute approximate surface area is 170 Å². The first kappa shape index (κ1) is 20.1. The zero-order valence-corrected chi connectivity index (χ0v) is 16.6. The van der Waals surface area contributed by atoms with Gasteiger partial charge in [-0.25, -0.2) is 0 Å². The number of anilines is 1. The summed E-state index contributed by atoms with van der Waals surface area (Å²) in [5, 5.41) is 5.75. The van der Waals surface area contributed by atoms with Crippen molar-refractivity contribution in [3.05, 3.63) is 95.1 Å². The molecule has 0 heterocycles. The third-order valence-corrected chi connectivity index (χ3v) is 4.54. The number of ether oxygens (including phenoxy) is 1. The first-order valence-corrected chi connectivity index (χ1v) is 9.45. The molecule has 5 heteroatoms. The molecule has 0 aliphatic carbocycles. The summed E-state index contributed by atoms with van der Waals surface area (Å²) in [6.07, 6.45) is 0.656. The van der Waals surface area contributed by atoms with E-state index in [1.54, 1.807) is 31.4 Å². The molecule has 5 nitrogen and oxygen atoms in total. The lowest BCUT2D eigenvalue weighted by molar-refractivity contribution is 0.0954. The van der Waals surface area contributed by atoms with Crippen molar-refractivity contribution in [1.29, 1.82) is 0 Å². The molecule has 3 aromatic rings. The second kappa shape index (κ2) is 9.55. The van der Waals surface area contributed by atoms with Crippen molar-refractivity contribution in [3.63, 3.8) is 0 Å². The molecule has 0 saturated carbocycles. The van der Waals surface area contributed by atoms with Crippen molar-refractivity contribution in [2.75, 3.05) is 19.0 Å². The van der Waals surface area contributed by atoms with Crippen LogP contribution in [0, 0.1) is 6.92 Å². The zero-order valence-electron chi connectivity index (χ0n) is 16.6. The monoisotopic (exact) mass is 388 g/mol. The highest BCUT2D eigenvalue weighted by molar-refractivity contribution is 6.06. The molecule has 0 fully saturated rings. The second-order valence-electron chi connectivity index (χ2n) is 6.72. The van der Waals surface area contributed by atoms with Crippen LogP contribution < -0.4 is 15.4 Å². The third kappa shape index (κ3) is 5.45. The van der Waals surface area contributed by atoms with Crippen molar-refractivity contribution >= 4 is 17.5 Å². The Bertz CT molecular complexity index is 1010. The fourth-order valence-corrected chi connectivity index (χ4v) is 3.05. The van der Waals surface area contributed by atoms with Crippen LogP contribution in [-0.4, -0.2) is 25.5 Å². The molecular weight excluding hydrogens is 364 g/mol. The van der Waals surface area contributed by atoms with E-state index in [-0.39, 0.29) is 11.8 Å². The molecule has 3 rings (SSSR count). The normalized spacial score (nSPS) is 10.3. The number of hydrogen-bond acceptors (Lipinski definition) is 3. The van der Waals surface area contributed by atoms with Gasteiger partial charge in [0.15, 0.2) is 0 Å². The lowest BCUT2D eigenvalue weighted by Crippen LogP contribution is -2.26. The highest BCUT2D eigenvalue weighted by atomic mass is 16.5. The Kier molecular flexibility index (Phi) is 6.63. The summed E-state index contributed by atoms with van der Waals surface area (Å²) in [6, 6.07) is 22.0.